The zero-order chi connectivity index (χ0) is 23.1. The summed E-state index contributed by atoms with van der Waals surface area (Å²) >= 11 is 0. The Morgan fingerprint density at radius 1 is 1.15 bits per heavy atom. The van der Waals surface area contributed by atoms with Crippen molar-refractivity contribution in [3.63, 3.8) is 0 Å². The van der Waals surface area contributed by atoms with Gasteiger partial charge in [0.25, 0.3) is 0 Å². The van der Waals surface area contributed by atoms with E-state index in [1.807, 2.05) is 12.1 Å². The van der Waals surface area contributed by atoms with E-state index < -0.39 is 5.97 Å². The number of pyridine rings is 1. The number of nitrogen functional groups attached to an aromatic ring is 1. The van der Waals surface area contributed by atoms with Crippen LogP contribution in [-0.2, 0) is 4.74 Å². The Kier molecular flexibility index (Phi) is 5.34. The van der Waals surface area contributed by atoms with Gasteiger partial charge in [-0.15, -0.1) is 0 Å². The number of halogens is 1. The van der Waals surface area contributed by atoms with Gasteiger partial charge in [0.15, 0.2) is 0 Å². The molecular weight excluding hydrogens is 421 g/mol. The normalized spacial score (nSPS) is 14.6. The van der Waals surface area contributed by atoms with Gasteiger partial charge in [-0.05, 0) is 73.4 Å². The number of nitrogens with zero attached hydrogens (tertiary/aromatic N) is 2. The molecular formula is C26H24FN3O3. The maximum absolute atomic E-state index is 14.1. The van der Waals surface area contributed by atoms with Crippen molar-refractivity contribution in [1.29, 1.82) is 0 Å². The number of aryl methyl sites for hydroxylation is 1. The predicted octanol–water partition coefficient (Wildman–Crippen LogP) is 5.31. The first kappa shape index (κ1) is 21.2. The van der Waals surface area contributed by atoms with Gasteiger partial charge in [0.1, 0.15) is 11.6 Å². The molecule has 0 bridgehead atoms. The fourth-order valence-electron chi connectivity index (χ4n) is 4.76. The molecule has 0 radical (unpaired) electrons. The Bertz CT molecular complexity index is 1360. The molecule has 0 amide bonds. The van der Waals surface area contributed by atoms with Gasteiger partial charge >= 0.3 is 5.97 Å². The first-order valence-corrected chi connectivity index (χ1v) is 10.9. The van der Waals surface area contributed by atoms with E-state index in [4.69, 9.17) is 10.5 Å². The number of aromatic carboxylic acids is 1. The molecule has 3 heterocycles. The molecule has 33 heavy (non-hydrogen) atoms. The quantitative estimate of drug-likeness (QED) is 0.444. The van der Waals surface area contributed by atoms with Crippen LogP contribution < -0.4 is 5.73 Å². The molecule has 2 aromatic carbocycles. The molecule has 0 saturated carbocycles. The van der Waals surface area contributed by atoms with Crippen molar-refractivity contribution in [2.75, 3.05) is 18.9 Å². The third kappa shape index (κ3) is 3.64. The zero-order valence-corrected chi connectivity index (χ0v) is 18.2. The second-order valence-electron chi connectivity index (χ2n) is 8.39. The number of rotatable bonds is 4. The van der Waals surface area contributed by atoms with Crippen LogP contribution in [0.1, 0.15) is 40.4 Å². The average Bonchev–Trinajstić information content (AvgIpc) is 3.18. The molecule has 2 aromatic heterocycles. The predicted molar refractivity (Wildman–Crippen MR) is 125 cm³/mol. The minimum atomic E-state index is -0.979. The number of hydrogen-bond donors (Lipinski definition) is 2. The molecule has 0 atom stereocenters. The Hall–Kier alpha value is -3.71. The van der Waals surface area contributed by atoms with E-state index in [0.717, 1.165) is 46.3 Å². The number of ether oxygens (including phenoxy) is 1. The van der Waals surface area contributed by atoms with Crippen molar-refractivity contribution in [3.8, 4) is 16.8 Å². The molecule has 5 rings (SSSR count). The van der Waals surface area contributed by atoms with Gasteiger partial charge < -0.3 is 20.1 Å². The minimum Gasteiger partial charge on any atom is -0.478 e. The molecule has 3 N–H and O–H groups in total. The Morgan fingerprint density at radius 3 is 2.55 bits per heavy atom. The largest absolute Gasteiger partial charge is 0.478 e. The van der Waals surface area contributed by atoms with Crippen molar-refractivity contribution in [2.24, 2.45) is 0 Å². The van der Waals surface area contributed by atoms with Crippen LogP contribution in [-0.4, -0.2) is 33.8 Å². The zero-order valence-electron chi connectivity index (χ0n) is 18.2. The van der Waals surface area contributed by atoms with Crippen molar-refractivity contribution in [1.82, 2.24) is 9.55 Å². The molecule has 0 aliphatic carbocycles. The second-order valence-corrected chi connectivity index (χ2v) is 8.39. The smallest absolute Gasteiger partial charge is 0.335 e. The van der Waals surface area contributed by atoms with Gasteiger partial charge in [-0.2, -0.15) is 0 Å². The fourth-order valence-corrected chi connectivity index (χ4v) is 4.76. The molecule has 6 nitrogen and oxygen atoms in total. The van der Waals surface area contributed by atoms with Gasteiger partial charge in [0.05, 0.1) is 11.1 Å². The van der Waals surface area contributed by atoms with Crippen LogP contribution in [0.5, 0.6) is 0 Å². The van der Waals surface area contributed by atoms with E-state index >= 15 is 0 Å². The highest BCUT2D eigenvalue weighted by atomic mass is 19.1. The topological polar surface area (TPSA) is 90.4 Å². The summed E-state index contributed by atoms with van der Waals surface area (Å²) in [5.74, 6) is -0.661. The highest BCUT2D eigenvalue weighted by molar-refractivity contribution is 6.03. The van der Waals surface area contributed by atoms with E-state index in [1.165, 1.54) is 6.07 Å². The van der Waals surface area contributed by atoms with Crippen LogP contribution in [0, 0.1) is 12.7 Å². The van der Waals surface area contributed by atoms with Crippen molar-refractivity contribution >= 4 is 22.7 Å². The number of aromatic nitrogens is 2. The number of carboxylic acid groups (broad SMARTS) is 1. The minimum absolute atomic E-state index is 0.185. The number of carboxylic acids is 1. The van der Waals surface area contributed by atoms with Crippen LogP contribution in [0.2, 0.25) is 0 Å². The summed E-state index contributed by atoms with van der Waals surface area (Å²) in [6.07, 6.45) is 3.36. The van der Waals surface area contributed by atoms with Crippen LogP contribution >= 0.6 is 0 Å². The highest BCUT2D eigenvalue weighted by Crippen LogP contribution is 2.44. The van der Waals surface area contributed by atoms with E-state index in [9.17, 15) is 14.3 Å². The van der Waals surface area contributed by atoms with Crippen LogP contribution in [0.25, 0.3) is 27.7 Å². The first-order chi connectivity index (χ1) is 16.0. The maximum atomic E-state index is 14.1. The molecule has 168 valence electrons. The van der Waals surface area contributed by atoms with Gasteiger partial charge in [-0.3, -0.25) is 0 Å². The third-order valence-electron chi connectivity index (χ3n) is 6.37. The van der Waals surface area contributed by atoms with E-state index in [1.54, 1.807) is 43.5 Å². The molecule has 0 spiro atoms. The summed E-state index contributed by atoms with van der Waals surface area (Å²) in [5.41, 5.74) is 11.7. The molecule has 1 aliphatic heterocycles. The second kappa shape index (κ2) is 8.33. The lowest BCUT2D eigenvalue weighted by Gasteiger charge is -2.26. The van der Waals surface area contributed by atoms with Gasteiger partial charge in [0, 0.05) is 47.7 Å². The first-order valence-electron chi connectivity index (χ1n) is 10.9. The maximum Gasteiger partial charge on any atom is 0.335 e. The summed E-state index contributed by atoms with van der Waals surface area (Å²) < 4.78 is 21.8. The summed E-state index contributed by atoms with van der Waals surface area (Å²) in [6.45, 7) is 3.06. The summed E-state index contributed by atoms with van der Waals surface area (Å²) in [6, 6.07) is 13.8. The monoisotopic (exact) mass is 445 g/mol. The number of anilines is 1. The molecule has 0 unspecified atom stereocenters. The number of nitrogens with two attached hydrogens (primary N) is 1. The Labute approximate surface area is 190 Å². The van der Waals surface area contributed by atoms with Gasteiger partial charge in [-0.1, -0.05) is 6.07 Å². The number of carbonyl (C=O) groups is 1. The molecule has 1 fully saturated rings. The standard InChI is InChI=1S/C26H24FN3O3/c1-15-14-18(4-7-21(15)27)22-20-8-11-29-25(28)24(20)30(23(22)16-9-12-33-13-10-16)19-5-2-17(3-6-19)26(31)32/h2-8,11,14,16H,9-10,12-13H2,1H3,(H2,28,29)(H,31,32). The summed E-state index contributed by atoms with van der Waals surface area (Å²) in [5, 5.41) is 10.3. The van der Waals surface area contributed by atoms with Crippen molar-refractivity contribution < 1.29 is 19.0 Å². The van der Waals surface area contributed by atoms with Crippen LogP contribution in [0.15, 0.2) is 54.7 Å². The summed E-state index contributed by atoms with van der Waals surface area (Å²) in [4.78, 5) is 15.7. The number of benzene rings is 2. The third-order valence-corrected chi connectivity index (χ3v) is 6.37. The fraction of sp³-hybridized carbons (Fsp3) is 0.231. The van der Waals surface area contributed by atoms with E-state index in [-0.39, 0.29) is 17.3 Å². The Morgan fingerprint density at radius 2 is 1.88 bits per heavy atom. The van der Waals surface area contributed by atoms with Crippen molar-refractivity contribution in [3.05, 3.63) is 77.4 Å². The van der Waals surface area contributed by atoms with Gasteiger partial charge in [0.2, 0.25) is 0 Å². The van der Waals surface area contributed by atoms with Gasteiger partial charge in [-0.25, -0.2) is 14.2 Å². The SMILES string of the molecule is Cc1cc(-c2c(C3CCOCC3)n(-c3ccc(C(=O)O)cc3)c3c(N)nccc23)ccc1F. The lowest BCUT2D eigenvalue weighted by molar-refractivity contribution is 0.0697. The van der Waals surface area contributed by atoms with Crippen LogP contribution in [0.4, 0.5) is 10.2 Å². The lowest BCUT2D eigenvalue weighted by Crippen LogP contribution is -2.17. The van der Waals surface area contributed by atoms with Crippen molar-refractivity contribution in [2.45, 2.75) is 25.7 Å². The molecule has 1 aliphatic rings. The van der Waals surface area contributed by atoms with Crippen LogP contribution in [0.3, 0.4) is 0 Å². The lowest BCUT2D eigenvalue weighted by atomic mass is 9.89. The number of hydrogen-bond acceptors (Lipinski definition) is 4. The molecule has 7 heteroatoms. The molecule has 4 aromatic rings. The van der Waals surface area contributed by atoms with E-state index in [0.29, 0.717) is 24.6 Å². The molecule has 1 saturated heterocycles. The number of fused-ring (bicyclic) bond motifs is 1. The Balaban J connectivity index is 1.86. The highest BCUT2D eigenvalue weighted by Gasteiger charge is 2.29. The summed E-state index contributed by atoms with van der Waals surface area (Å²) in [7, 11) is 0. The average molecular weight is 445 g/mol. The van der Waals surface area contributed by atoms with E-state index in [2.05, 4.69) is 9.55 Å².